The number of benzene rings is 1. The molecule has 1 N–H and O–H groups in total. The summed E-state index contributed by atoms with van der Waals surface area (Å²) in [6.45, 7) is 6.45. The Balaban J connectivity index is 2.12. The first-order valence-electron chi connectivity index (χ1n) is 7.24. The van der Waals surface area contributed by atoms with Crippen molar-refractivity contribution in [3.8, 4) is 6.07 Å². The first-order chi connectivity index (χ1) is 9.54. The highest BCUT2D eigenvalue weighted by atomic mass is 35.5. The summed E-state index contributed by atoms with van der Waals surface area (Å²) in [5.41, 5.74) is 0.450. The summed E-state index contributed by atoms with van der Waals surface area (Å²) in [5, 5.41) is 13.8. The maximum Gasteiger partial charge on any atom is 0.126 e. The van der Waals surface area contributed by atoms with E-state index in [1.165, 1.54) is 0 Å². The van der Waals surface area contributed by atoms with Gasteiger partial charge in [0.05, 0.1) is 6.07 Å². The molecule has 1 aromatic carbocycles. The Labute approximate surface area is 126 Å². The van der Waals surface area contributed by atoms with Crippen molar-refractivity contribution in [1.82, 2.24) is 4.90 Å². The highest BCUT2D eigenvalue weighted by Crippen LogP contribution is 2.28. The topological polar surface area (TPSA) is 39.1 Å². The Morgan fingerprint density at radius 1 is 1.35 bits per heavy atom. The van der Waals surface area contributed by atoms with Crippen LogP contribution in [0, 0.1) is 11.3 Å². The molecular formula is C16H22ClN3. The van der Waals surface area contributed by atoms with Gasteiger partial charge in [0.1, 0.15) is 5.54 Å². The number of nitrogens with zero attached hydrogens (tertiary/aromatic N) is 2. The summed E-state index contributed by atoms with van der Waals surface area (Å²) in [7, 11) is 0. The number of nitrogens with one attached hydrogen (secondary N) is 1. The first-order valence-corrected chi connectivity index (χ1v) is 7.61. The molecule has 1 unspecified atom stereocenters. The third-order valence-electron chi connectivity index (χ3n) is 4.03. The number of halogens is 1. The summed E-state index contributed by atoms with van der Waals surface area (Å²) in [6.07, 6.45) is 2.76. The van der Waals surface area contributed by atoms with E-state index in [0.29, 0.717) is 11.1 Å². The lowest BCUT2D eigenvalue weighted by molar-refractivity contribution is 0.229. The van der Waals surface area contributed by atoms with Crippen LogP contribution in [0.5, 0.6) is 0 Å². The van der Waals surface area contributed by atoms with Crippen LogP contribution in [0.25, 0.3) is 0 Å². The first kappa shape index (κ1) is 15.2. The molecule has 0 aliphatic carbocycles. The maximum absolute atomic E-state index is 9.66. The van der Waals surface area contributed by atoms with Gasteiger partial charge in [0.2, 0.25) is 0 Å². The minimum atomic E-state index is -0.478. The third kappa shape index (κ3) is 3.65. The van der Waals surface area contributed by atoms with Crippen LogP contribution in [0.4, 0.5) is 5.69 Å². The van der Waals surface area contributed by atoms with E-state index in [1.54, 1.807) is 0 Å². The number of nitriles is 1. The summed E-state index contributed by atoms with van der Waals surface area (Å²) >= 11 is 6.02. The largest absolute Gasteiger partial charge is 0.367 e. The molecular weight excluding hydrogens is 270 g/mol. The van der Waals surface area contributed by atoms with Gasteiger partial charge >= 0.3 is 0 Å². The molecule has 2 rings (SSSR count). The van der Waals surface area contributed by atoms with E-state index in [-0.39, 0.29) is 0 Å². The van der Waals surface area contributed by atoms with Gasteiger partial charge in [-0.3, -0.25) is 0 Å². The molecule has 20 heavy (non-hydrogen) atoms. The number of rotatable bonds is 3. The zero-order valence-electron chi connectivity index (χ0n) is 12.2. The highest BCUT2D eigenvalue weighted by Gasteiger charge is 2.33. The Bertz CT molecular complexity index is 495. The molecule has 0 saturated carbocycles. The SMILES string of the molecule is CC(C)N1CCCC(C#N)(Nc2cccc(Cl)c2)CC1. The van der Waals surface area contributed by atoms with Crippen molar-refractivity contribution in [3.05, 3.63) is 29.3 Å². The monoisotopic (exact) mass is 291 g/mol. The van der Waals surface area contributed by atoms with Gasteiger partial charge in [-0.1, -0.05) is 17.7 Å². The number of anilines is 1. The van der Waals surface area contributed by atoms with Crippen molar-refractivity contribution in [2.75, 3.05) is 18.4 Å². The molecule has 3 nitrogen and oxygen atoms in total. The molecule has 0 aromatic heterocycles. The van der Waals surface area contributed by atoms with Crippen LogP contribution in [-0.2, 0) is 0 Å². The zero-order chi connectivity index (χ0) is 14.6. The minimum Gasteiger partial charge on any atom is -0.367 e. The van der Waals surface area contributed by atoms with E-state index in [0.717, 1.165) is 38.0 Å². The lowest BCUT2D eigenvalue weighted by Crippen LogP contribution is -2.38. The second kappa shape index (κ2) is 6.47. The minimum absolute atomic E-state index is 0.478. The van der Waals surface area contributed by atoms with E-state index in [2.05, 4.69) is 30.1 Å². The Kier molecular flexibility index (Phi) is 4.91. The Hall–Kier alpha value is -1.24. The van der Waals surface area contributed by atoms with Crippen LogP contribution < -0.4 is 5.32 Å². The standard InChI is InChI=1S/C16H22ClN3/c1-13(2)20-9-4-7-16(12-18,8-10-20)19-15-6-3-5-14(17)11-15/h3,5-6,11,13,19H,4,7-10H2,1-2H3. The lowest BCUT2D eigenvalue weighted by Gasteiger charge is -2.29. The molecule has 1 fully saturated rings. The number of likely N-dealkylation sites (tertiary alicyclic amines) is 1. The van der Waals surface area contributed by atoms with Gasteiger partial charge in [0, 0.05) is 23.3 Å². The maximum atomic E-state index is 9.66. The van der Waals surface area contributed by atoms with Crippen LogP contribution in [0.3, 0.4) is 0 Å². The van der Waals surface area contributed by atoms with Crippen molar-refractivity contribution in [2.45, 2.75) is 44.7 Å². The molecule has 1 saturated heterocycles. The molecule has 0 amide bonds. The van der Waals surface area contributed by atoms with Crippen molar-refractivity contribution in [2.24, 2.45) is 0 Å². The van der Waals surface area contributed by atoms with Crippen LogP contribution in [0.1, 0.15) is 33.1 Å². The van der Waals surface area contributed by atoms with E-state index < -0.39 is 5.54 Å². The molecule has 4 heteroatoms. The average Bonchev–Trinajstić information content (AvgIpc) is 2.62. The van der Waals surface area contributed by atoms with E-state index in [9.17, 15) is 5.26 Å². The van der Waals surface area contributed by atoms with Crippen LogP contribution in [-0.4, -0.2) is 29.6 Å². The summed E-state index contributed by atoms with van der Waals surface area (Å²) < 4.78 is 0. The van der Waals surface area contributed by atoms with Crippen molar-refractivity contribution >= 4 is 17.3 Å². The summed E-state index contributed by atoms with van der Waals surface area (Å²) in [5.74, 6) is 0. The van der Waals surface area contributed by atoms with Crippen molar-refractivity contribution < 1.29 is 0 Å². The fraction of sp³-hybridized carbons (Fsp3) is 0.562. The summed E-state index contributed by atoms with van der Waals surface area (Å²) in [6, 6.07) is 10.6. The predicted octanol–water partition coefficient (Wildman–Crippen LogP) is 3.91. The number of hydrogen-bond donors (Lipinski definition) is 1. The second-order valence-corrected chi connectivity index (χ2v) is 6.25. The lowest BCUT2D eigenvalue weighted by atomic mass is 9.92. The number of hydrogen-bond acceptors (Lipinski definition) is 3. The Morgan fingerprint density at radius 2 is 2.15 bits per heavy atom. The van der Waals surface area contributed by atoms with E-state index >= 15 is 0 Å². The molecule has 1 aromatic rings. The van der Waals surface area contributed by atoms with Gasteiger partial charge < -0.3 is 10.2 Å². The van der Waals surface area contributed by atoms with Crippen molar-refractivity contribution in [3.63, 3.8) is 0 Å². The molecule has 1 heterocycles. The fourth-order valence-electron chi connectivity index (χ4n) is 2.78. The Morgan fingerprint density at radius 3 is 2.80 bits per heavy atom. The van der Waals surface area contributed by atoms with Gasteiger partial charge in [0.15, 0.2) is 0 Å². The van der Waals surface area contributed by atoms with Crippen molar-refractivity contribution in [1.29, 1.82) is 5.26 Å². The van der Waals surface area contributed by atoms with Crippen LogP contribution in [0.2, 0.25) is 5.02 Å². The van der Waals surface area contributed by atoms with Gasteiger partial charge in [0.25, 0.3) is 0 Å². The second-order valence-electron chi connectivity index (χ2n) is 5.81. The van der Waals surface area contributed by atoms with Gasteiger partial charge in [-0.05, 0) is 57.9 Å². The molecule has 1 atom stereocenters. The third-order valence-corrected chi connectivity index (χ3v) is 4.26. The van der Waals surface area contributed by atoms with Crippen LogP contribution in [0.15, 0.2) is 24.3 Å². The molecule has 1 aliphatic rings. The smallest absolute Gasteiger partial charge is 0.126 e. The quantitative estimate of drug-likeness (QED) is 0.918. The van der Waals surface area contributed by atoms with Gasteiger partial charge in [-0.25, -0.2) is 0 Å². The fourth-order valence-corrected chi connectivity index (χ4v) is 2.97. The molecule has 0 radical (unpaired) electrons. The van der Waals surface area contributed by atoms with E-state index in [1.807, 2.05) is 24.3 Å². The molecule has 0 bridgehead atoms. The van der Waals surface area contributed by atoms with E-state index in [4.69, 9.17) is 11.6 Å². The van der Waals surface area contributed by atoms with Crippen LogP contribution >= 0.6 is 11.6 Å². The molecule has 0 spiro atoms. The van der Waals surface area contributed by atoms with Gasteiger partial charge in [-0.15, -0.1) is 0 Å². The molecule has 1 aliphatic heterocycles. The normalized spacial score (nSPS) is 24.1. The predicted molar refractivity (Wildman–Crippen MR) is 84.0 cm³/mol. The van der Waals surface area contributed by atoms with Gasteiger partial charge in [-0.2, -0.15) is 5.26 Å². The molecule has 108 valence electrons. The average molecular weight is 292 g/mol. The zero-order valence-corrected chi connectivity index (χ0v) is 13.0. The summed E-state index contributed by atoms with van der Waals surface area (Å²) in [4.78, 5) is 2.44. The highest BCUT2D eigenvalue weighted by molar-refractivity contribution is 6.30.